The number of nitrogens with two attached hydrogens (primary N) is 1. The molecule has 1 aromatic heterocycles. The van der Waals surface area contributed by atoms with Gasteiger partial charge in [-0.3, -0.25) is 9.69 Å². The molecule has 0 unspecified atom stereocenters. The number of hydrogen-bond donors (Lipinski definition) is 1. The monoisotopic (exact) mass is 474 g/mol. The smallest absolute Gasteiger partial charge is 0.416 e. The van der Waals surface area contributed by atoms with Crippen LogP contribution < -0.4 is 10.5 Å². The van der Waals surface area contributed by atoms with E-state index in [0.717, 1.165) is 37.3 Å². The normalized spacial score (nSPS) is 14.9. The van der Waals surface area contributed by atoms with E-state index >= 15 is 0 Å². The summed E-state index contributed by atoms with van der Waals surface area (Å²) in [6.45, 7) is 4.23. The van der Waals surface area contributed by atoms with Crippen molar-refractivity contribution in [2.45, 2.75) is 19.0 Å². The third-order valence-corrected chi connectivity index (χ3v) is 5.77. The second-order valence-corrected chi connectivity index (χ2v) is 8.05. The maximum atomic E-state index is 12.8. The summed E-state index contributed by atoms with van der Waals surface area (Å²) in [7, 11) is 0. The van der Waals surface area contributed by atoms with Crippen LogP contribution in [0.4, 0.5) is 13.2 Å². The van der Waals surface area contributed by atoms with E-state index in [2.05, 4.69) is 14.9 Å². The quantitative estimate of drug-likeness (QED) is 0.539. The topological polar surface area (TPSA) is 90.6 Å². The minimum atomic E-state index is -4.37. The van der Waals surface area contributed by atoms with Crippen molar-refractivity contribution in [3.63, 3.8) is 0 Å². The van der Waals surface area contributed by atoms with Crippen LogP contribution in [0.2, 0.25) is 0 Å². The van der Waals surface area contributed by atoms with Gasteiger partial charge in [0, 0.05) is 25.0 Å². The third-order valence-electron chi connectivity index (χ3n) is 5.77. The molecule has 2 aromatic carbocycles. The zero-order valence-corrected chi connectivity index (χ0v) is 18.5. The van der Waals surface area contributed by atoms with Crippen molar-refractivity contribution in [3.8, 4) is 5.75 Å². The van der Waals surface area contributed by atoms with Gasteiger partial charge in [-0.1, -0.05) is 12.1 Å². The molecule has 4 rings (SSSR count). The molecule has 1 fully saturated rings. The number of hydrogen-bond acceptors (Lipinski definition) is 6. The lowest BCUT2D eigenvalue weighted by Crippen LogP contribution is -2.38. The van der Waals surface area contributed by atoms with E-state index in [-0.39, 0.29) is 5.56 Å². The number of morpholine rings is 1. The minimum absolute atomic E-state index is 0.233. The van der Waals surface area contributed by atoms with Crippen molar-refractivity contribution < 1.29 is 27.4 Å². The number of aromatic nitrogens is 2. The fourth-order valence-corrected chi connectivity index (χ4v) is 3.90. The summed E-state index contributed by atoms with van der Waals surface area (Å²) < 4.78 is 49.7. The zero-order chi connectivity index (χ0) is 24.1. The first-order chi connectivity index (χ1) is 16.3. The molecule has 34 heavy (non-hydrogen) atoms. The third kappa shape index (κ3) is 5.81. The molecule has 0 spiro atoms. The maximum Gasteiger partial charge on any atom is 0.416 e. The standard InChI is InChI=1S/C24H25F3N4O3/c25-24(26,27)17-4-1-16(2-5-17)3-6-21-19-13-18(34-12-9-31-7-10-33-11-8-31)14-20(23(28)32)22(19)30-15-29-21/h1-2,4-5,13-15H,3,6-12H2,(H2,28,32). The number of amides is 1. The first-order valence-corrected chi connectivity index (χ1v) is 11.0. The number of benzene rings is 2. The van der Waals surface area contributed by atoms with Gasteiger partial charge in [-0.25, -0.2) is 9.97 Å². The van der Waals surface area contributed by atoms with E-state index in [1.807, 2.05) is 0 Å². The predicted octanol–water partition coefficient (Wildman–Crippen LogP) is 3.24. The number of aryl methyl sites for hydroxylation is 2. The maximum absolute atomic E-state index is 12.8. The van der Waals surface area contributed by atoms with Crippen molar-refractivity contribution in [1.29, 1.82) is 0 Å². The van der Waals surface area contributed by atoms with Crippen LogP contribution in [-0.2, 0) is 23.8 Å². The molecule has 1 aliphatic rings. The SMILES string of the molecule is NC(=O)c1cc(OCCN2CCOCC2)cc2c(CCc3ccc(C(F)(F)F)cc3)ncnc12. The summed E-state index contributed by atoms with van der Waals surface area (Å²) in [6.07, 6.45) is -2.10. The molecular weight excluding hydrogens is 449 g/mol. The van der Waals surface area contributed by atoms with Gasteiger partial charge in [0.2, 0.25) is 0 Å². The number of alkyl halides is 3. The number of carbonyl (C=O) groups excluding carboxylic acids is 1. The number of primary amides is 1. The highest BCUT2D eigenvalue weighted by Gasteiger charge is 2.29. The van der Waals surface area contributed by atoms with Crippen molar-refractivity contribution in [1.82, 2.24) is 14.9 Å². The van der Waals surface area contributed by atoms with Crippen molar-refractivity contribution in [2.75, 3.05) is 39.5 Å². The lowest BCUT2D eigenvalue weighted by molar-refractivity contribution is -0.137. The molecule has 1 amide bonds. The Balaban J connectivity index is 1.52. The molecule has 7 nitrogen and oxygen atoms in total. The summed E-state index contributed by atoms with van der Waals surface area (Å²) in [6, 6.07) is 8.42. The summed E-state index contributed by atoms with van der Waals surface area (Å²) >= 11 is 0. The number of carbonyl (C=O) groups is 1. The molecule has 0 bridgehead atoms. The second-order valence-electron chi connectivity index (χ2n) is 8.05. The Morgan fingerprint density at radius 3 is 2.50 bits per heavy atom. The first-order valence-electron chi connectivity index (χ1n) is 11.0. The highest BCUT2D eigenvalue weighted by Crippen LogP contribution is 2.30. The molecule has 1 aliphatic heterocycles. The molecule has 10 heteroatoms. The molecule has 0 saturated carbocycles. The molecular formula is C24H25F3N4O3. The summed E-state index contributed by atoms with van der Waals surface area (Å²) in [5.41, 5.74) is 6.96. The first kappa shape index (κ1) is 23.9. The van der Waals surface area contributed by atoms with E-state index in [1.165, 1.54) is 18.5 Å². The minimum Gasteiger partial charge on any atom is -0.492 e. The van der Waals surface area contributed by atoms with Gasteiger partial charge in [0.05, 0.1) is 35.6 Å². The van der Waals surface area contributed by atoms with Crippen LogP contribution in [-0.4, -0.2) is 60.2 Å². The van der Waals surface area contributed by atoms with Crippen LogP contribution in [0.1, 0.15) is 27.2 Å². The van der Waals surface area contributed by atoms with E-state index in [1.54, 1.807) is 12.1 Å². The van der Waals surface area contributed by atoms with Gasteiger partial charge in [-0.05, 0) is 42.7 Å². The van der Waals surface area contributed by atoms with Crippen LogP contribution in [0.3, 0.4) is 0 Å². The van der Waals surface area contributed by atoms with Crippen LogP contribution in [0.15, 0.2) is 42.7 Å². The Morgan fingerprint density at radius 1 is 1.09 bits per heavy atom. The van der Waals surface area contributed by atoms with Crippen LogP contribution >= 0.6 is 0 Å². The average molecular weight is 474 g/mol. The van der Waals surface area contributed by atoms with Gasteiger partial charge >= 0.3 is 6.18 Å². The van der Waals surface area contributed by atoms with Crippen LogP contribution in [0, 0.1) is 0 Å². The second kappa shape index (κ2) is 10.4. The number of rotatable bonds is 8. The molecule has 2 N–H and O–H groups in total. The molecule has 0 aliphatic carbocycles. The lowest BCUT2D eigenvalue weighted by atomic mass is 10.0. The largest absolute Gasteiger partial charge is 0.492 e. The summed E-state index contributed by atoms with van der Waals surface area (Å²) in [4.78, 5) is 22.9. The summed E-state index contributed by atoms with van der Waals surface area (Å²) in [5.74, 6) is -0.142. The number of nitrogens with zero attached hydrogens (tertiary/aromatic N) is 3. The molecule has 0 radical (unpaired) electrons. The Morgan fingerprint density at radius 2 is 1.82 bits per heavy atom. The number of ether oxygens (including phenoxy) is 2. The van der Waals surface area contributed by atoms with Gasteiger partial charge in [0.25, 0.3) is 5.91 Å². The van der Waals surface area contributed by atoms with Crippen molar-refractivity contribution >= 4 is 16.8 Å². The Labute approximate surface area is 194 Å². The number of halogens is 3. The van der Waals surface area contributed by atoms with Crippen molar-refractivity contribution in [3.05, 3.63) is 65.1 Å². The Hall–Kier alpha value is -3.24. The zero-order valence-electron chi connectivity index (χ0n) is 18.5. The van der Waals surface area contributed by atoms with Crippen LogP contribution in [0.5, 0.6) is 5.75 Å². The molecule has 180 valence electrons. The van der Waals surface area contributed by atoms with Crippen molar-refractivity contribution in [2.24, 2.45) is 5.73 Å². The molecule has 1 saturated heterocycles. The Bertz CT molecular complexity index is 1150. The fraction of sp³-hybridized carbons (Fsp3) is 0.375. The van der Waals surface area contributed by atoms with Crippen LogP contribution in [0.25, 0.3) is 10.9 Å². The van der Waals surface area contributed by atoms with Gasteiger partial charge in [0.1, 0.15) is 18.7 Å². The summed E-state index contributed by atoms with van der Waals surface area (Å²) in [5, 5.41) is 0.632. The van der Waals surface area contributed by atoms with Gasteiger partial charge < -0.3 is 15.2 Å². The van der Waals surface area contributed by atoms with Gasteiger partial charge in [-0.15, -0.1) is 0 Å². The van der Waals surface area contributed by atoms with E-state index in [4.69, 9.17) is 15.2 Å². The number of fused-ring (bicyclic) bond motifs is 1. The lowest BCUT2D eigenvalue weighted by Gasteiger charge is -2.26. The van der Waals surface area contributed by atoms with Gasteiger partial charge in [-0.2, -0.15) is 13.2 Å². The fourth-order valence-electron chi connectivity index (χ4n) is 3.90. The molecule has 0 atom stereocenters. The highest BCUT2D eigenvalue weighted by molar-refractivity contribution is 6.05. The molecule has 2 heterocycles. The van der Waals surface area contributed by atoms with E-state index in [9.17, 15) is 18.0 Å². The van der Waals surface area contributed by atoms with E-state index in [0.29, 0.717) is 55.0 Å². The molecule has 3 aromatic rings. The van der Waals surface area contributed by atoms with Gasteiger partial charge in [0.15, 0.2) is 0 Å². The Kier molecular flexibility index (Phi) is 7.28. The average Bonchev–Trinajstić information content (AvgIpc) is 2.82. The highest BCUT2D eigenvalue weighted by atomic mass is 19.4. The predicted molar refractivity (Wildman–Crippen MR) is 120 cm³/mol. The van der Waals surface area contributed by atoms with E-state index < -0.39 is 17.6 Å².